The molecule has 160 valence electrons. The van der Waals surface area contributed by atoms with Crippen molar-refractivity contribution in [2.45, 2.75) is 36.6 Å². The molecule has 1 unspecified atom stereocenters. The number of hydrogen-bond acceptors (Lipinski definition) is 5. The van der Waals surface area contributed by atoms with Gasteiger partial charge in [-0.3, -0.25) is 14.5 Å². The molecular weight excluding hydrogens is 414 g/mol. The van der Waals surface area contributed by atoms with Crippen molar-refractivity contribution in [2.24, 2.45) is 0 Å². The van der Waals surface area contributed by atoms with Gasteiger partial charge in [-0.1, -0.05) is 18.2 Å². The monoisotopic (exact) mass is 443 g/mol. The van der Waals surface area contributed by atoms with Gasteiger partial charge < -0.3 is 10.2 Å². The van der Waals surface area contributed by atoms with Crippen molar-refractivity contribution >= 4 is 34.9 Å². The Balaban J connectivity index is 1.38. The second-order valence-electron chi connectivity index (χ2n) is 7.86. The molecule has 4 rings (SSSR count). The Labute approximate surface area is 186 Å². The first kappa shape index (κ1) is 21.4. The summed E-state index contributed by atoms with van der Waals surface area (Å²) in [5.74, 6) is 0.488. The molecule has 30 heavy (non-hydrogen) atoms. The van der Waals surface area contributed by atoms with Crippen LogP contribution in [0.2, 0.25) is 0 Å². The largest absolute Gasteiger partial charge is 0.350 e. The van der Waals surface area contributed by atoms with E-state index in [1.54, 1.807) is 11.3 Å². The third-order valence-corrected chi connectivity index (χ3v) is 7.88. The molecular formula is C23H29N3O2S2. The molecule has 1 aromatic carbocycles. The van der Waals surface area contributed by atoms with Gasteiger partial charge in [0.05, 0.1) is 17.4 Å². The van der Waals surface area contributed by atoms with Gasteiger partial charge in [-0.05, 0) is 62.4 Å². The van der Waals surface area contributed by atoms with Crippen LogP contribution in [-0.4, -0.2) is 60.1 Å². The van der Waals surface area contributed by atoms with E-state index in [-0.39, 0.29) is 17.9 Å². The lowest BCUT2D eigenvalue weighted by Gasteiger charge is -2.27. The molecule has 1 N–H and O–H groups in total. The van der Waals surface area contributed by atoms with Gasteiger partial charge in [0.25, 0.3) is 5.91 Å². The number of carbonyl (C=O) groups is 2. The van der Waals surface area contributed by atoms with Gasteiger partial charge in [-0.15, -0.1) is 23.1 Å². The van der Waals surface area contributed by atoms with Crippen molar-refractivity contribution in [3.63, 3.8) is 0 Å². The molecule has 0 radical (unpaired) electrons. The number of hydrogen-bond donors (Lipinski definition) is 1. The highest BCUT2D eigenvalue weighted by Gasteiger charge is 2.25. The van der Waals surface area contributed by atoms with Gasteiger partial charge in [-0.25, -0.2) is 0 Å². The molecule has 0 bridgehead atoms. The molecule has 0 aliphatic carbocycles. The Morgan fingerprint density at radius 1 is 1.00 bits per heavy atom. The molecule has 0 saturated carbocycles. The second-order valence-corrected chi connectivity index (χ2v) is 9.85. The lowest BCUT2D eigenvalue weighted by Crippen LogP contribution is -2.36. The lowest BCUT2D eigenvalue weighted by molar-refractivity contribution is -0.127. The Kier molecular flexibility index (Phi) is 7.47. The first-order valence-electron chi connectivity index (χ1n) is 10.8. The fourth-order valence-electron chi connectivity index (χ4n) is 4.21. The number of carbonyl (C=O) groups excluding carboxylic acids is 2. The van der Waals surface area contributed by atoms with Crippen LogP contribution < -0.4 is 5.32 Å². The Morgan fingerprint density at radius 3 is 2.47 bits per heavy atom. The number of nitrogens with one attached hydrogen (secondary N) is 1. The van der Waals surface area contributed by atoms with Crippen LogP contribution in [0.5, 0.6) is 0 Å². The highest BCUT2D eigenvalue weighted by molar-refractivity contribution is 8.00. The number of thioether (sulfide) groups is 1. The van der Waals surface area contributed by atoms with Gasteiger partial charge in [0.1, 0.15) is 0 Å². The van der Waals surface area contributed by atoms with Crippen LogP contribution in [0.25, 0.3) is 0 Å². The quantitative estimate of drug-likeness (QED) is 0.626. The Bertz CT molecular complexity index is 844. The van der Waals surface area contributed by atoms with Crippen LogP contribution in [0.4, 0.5) is 0 Å². The van der Waals surface area contributed by atoms with Crippen molar-refractivity contribution in [1.29, 1.82) is 0 Å². The standard InChI is InChI=1S/C23H29N3O2S2/c27-22(26-13-5-6-14-26)17-30-20-9-2-1-8-18(20)23(28)24-16-19(21-10-7-15-29-21)25-11-3-4-12-25/h1-2,7-10,15,19H,3-6,11-14,16-17H2,(H,24,28). The molecule has 2 aliphatic rings. The SMILES string of the molecule is O=C(NCC(c1cccs1)N1CCCC1)c1ccccc1SCC(=O)N1CCCC1. The van der Waals surface area contributed by atoms with E-state index in [9.17, 15) is 9.59 Å². The molecule has 3 heterocycles. The third-order valence-electron chi connectivity index (χ3n) is 5.85. The van der Waals surface area contributed by atoms with Crippen LogP contribution >= 0.6 is 23.1 Å². The summed E-state index contributed by atoms with van der Waals surface area (Å²) < 4.78 is 0. The van der Waals surface area contributed by atoms with Gasteiger partial charge in [-0.2, -0.15) is 0 Å². The van der Waals surface area contributed by atoms with Gasteiger partial charge in [0, 0.05) is 29.4 Å². The lowest BCUT2D eigenvalue weighted by atomic mass is 10.1. The summed E-state index contributed by atoms with van der Waals surface area (Å²) in [6.07, 6.45) is 4.64. The van der Waals surface area contributed by atoms with Gasteiger partial charge in [0.15, 0.2) is 0 Å². The van der Waals surface area contributed by atoms with E-state index in [4.69, 9.17) is 0 Å². The molecule has 5 nitrogen and oxygen atoms in total. The zero-order chi connectivity index (χ0) is 20.8. The van der Waals surface area contributed by atoms with E-state index in [2.05, 4.69) is 27.7 Å². The summed E-state index contributed by atoms with van der Waals surface area (Å²) in [7, 11) is 0. The van der Waals surface area contributed by atoms with Crippen LogP contribution in [-0.2, 0) is 4.79 Å². The van der Waals surface area contributed by atoms with Crippen molar-refractivity contribution < 1.29 is 9.59 Å². The minimum absolute atomic E-state index is 0.0625. The number of rotatable bonds is 8. The summed E-state index contributed by atoms with van der Waals surface area (Å²) in [5, 5.41) is 5.27. The molecule has 2 aromatic rings. The maximum absolute atomic E-state index is 13.0. The Hall–Kier alpha value is -1.83. The minimum atomic E-state index is -0.0625. The number of likely N-dealkylation sites (tertiary alicyclic amines) is 2. The molecule has 1 aromatic heterocycles. The van der Waals surface area contributed by atoms with E-state index in [0.717, 1.165) is 43.9 Å². The van der Waals surface area contributed by atoms with Gasteiger partial charge in [0.2, 0.25) is 5.91 Å². The molecule has 0 spiro atoms. The van der Waals surface area contributed by atoms with E-state index in [1.165, 1.54) is 29.5 Å². The fraction of sp³-hybridized carbons (Fsp3) is 0.478. The highest BCUT2D eigenvalue weighted by Crippen LogP contribution is 2.28. The molecule has 7 heteroatoms. The van der Waals surface area contributed by atoms with E-state index >= 15 is 0 Å². The maximum atomic E-state index is 13.0. The topological polar surface area (TPSA) is 52.7 Å². The average Bonchev–Trinajstić information content (AvgIpc) is 3.56. The number of benzene rings is 1. The summed E-state index contributed by atoms with van der Waals surface area (Å²) in [6, 6.07) is 12.1. The zero-order valence-corrected chi connectivity index (χ0v) is 18.9. The minimum Gasteiger partial charge on any atom is -0.350 e. The van der Waals surface area contributed by atoms with Crippen LogP contribution in [0.15, 0.2) is 46.7 Å². The summed E-state index contributed by atoms with van der Waals surface area (Å²) in [4.78, 5) is 32.0. The third kappa shape index (κ3) is 5.25. The van der Waals surface area contributed by atoms with Crippen LogP contribution in [0, 0.1) is 0 Å². The number of amides is 2. The second kappa shape index (κ2) is 10.5. The molecule has 2 amide bonds. The first-order valence-corrected chi connectivity index (χ1v) is 12.6. The molecule has 2 aliphatic heterocycles. The van der Waals surface area contributed by atoms with Crippen LogP contribution in [0.3, 0.4) is 0 Å². The normalized spacial score (nSPS) is 17.9. The zero-order valence-electron chi connectivity index (χ0n) is 17.2. The predicted molar refractivity (Wildman–Crippen MR) is 123 cm³/mol. The average molecular weight is 444 g/mol. The fourth-order valence-corrected chi connectivity index (χ4v) is 6.02. The van der Waals surface area contributed by atoms with Crippen molar-refractivity contribution in [3.8, 4) is 0 Å². The molecule has 1 atom stereocenters. The summed E-state index contributed by atoms with van der Waals surface area (Å²) in [5.41, 5.74) is 0.656. The Morgan fingerprint density at radius 2 is 1.73 bits per heavy atom. The summed E-state index contributed by atoms with van der Waals surface area (Å²) in [6.45, 7) is 4.50. The van der Waals surface area contributed by atoms with Crippen molar-refractivity contribution in [1.82, 2.24) is 15.1 Å². The van der Waals surface area contributed by atoms with Crippen molar-refractivity contribution in [2.75, 3.05) is 38.5 Å². The first-order chi connectivity index (χ1) is 14.7. The van der Waals surface area contributed by atoms with Crippen LogP contribution in [0.1, 0.15) is 47.0 Å². The van der Waals surface area contributed by atoms with Gasteiger partial charge >= 0.3 is 0 Å². The smallest absolute Gasteiger partial charge is 0.252 e. The highest BCUT2D eigenvalue weighted by atomic mass is 32.2. The van der Waals surface area contributed by atoms with E-state index in [1.807, 2.05) is 29.2 Å². The van der Waals surface area contributed by atoms with E-state index < -0.39 is 0 Å². The molecule has 2 fully saturated rings. The summed E-state index contributed by atoms with van der Waals surface area (Å²) >= 11 is 3.22. The number of thiophene rings is 1. The van der Waals surface area contributed by atoms with Crippen molar-refractivity contribution in [3.05, 3.63) is 52.2 Å². The predicted octanol–water partition coefficient (Wildman–Crippen LogP) is 4.03. The number of nitrogens with zero attached hydrogens (tertiary/aromatic N) is 2. The maximum Gasteiger partial charge on any atom is 0.252 e. The molecule has 2 saturated heterocycles. The van der Waals surface area contributed by atoms with E-state index in [0.29, 0.717) is 17.9 Å².